The van der Waals surface area contributed by atoms with Gasteiger partial charge in [-0.1, -0.05) is 65.8 Å². The molecule has 11 nitrogen and oxygen atoms in total. The number of hydrogen-bond donors (Lipinski definition) is 3. The van der Waals surface area contributed by atoms with E-state index in [-0.39, 0.29) is 45.2 Å². The molecule has 0 radical (unpaired) electrons. The summed E-state index contributed by atoms with van der Waals surface area (Å²) in [7, 11) is -4.22. The van der Waals surface area contributed by atoms with Gasteiger partial charge in [0, 0.05) is 13.3 Å². The molecule has 2 aromatic carbocycles. The Morgan fingerprint density at radius 3 is 2.38 bits per heavy atom. The molecule has 2 aliphatic rings. The highest BCUT2D eigenvalue weighted by Crippen LogP contribution is 2.44. The van der Waals surface area contributed by atoms with Crippen molar-refractivity contribution < 1.29 is 18.4 Å². The fourth-order valence-electron chi connectivity index (χ4n) is 6.11. The molecule has 1 saturated heterocycles. The molecule has 0 spiro atoms. The second-order valence-corrected chi connectivity index (χ2v) is 26.4. The largest absolute Gasteiger partial charge is 0.414 e. The molecule has 0 unspecified atom stereocenters. The number of carbonyl (C=O) groups is 1. The van der Waals surface area contributed by atoms with Crippen molar-refractivity contribution in [2.45, 2.75) is 116 Å². The summed E-state index contributed by atoms with van der Waals surface area (Å²) in [5.74, 6) is 0.0328. The number of hydrogen-bond acceptors (Lipinski definition) is 8. The SMILES string of the molecule is CC(=O)Nc1cc2c(cc1Nc1nc3c(ncn3[C@H]3C[C@H](O[Si](C)(C)C(C)(C)C)[C@@H](CO[Si](C)(C)C(C)(C)C)O3)c(=O)[nH]1)-c1ccccc1C2. The van der Waals surface area contributed by atoms with Crippen LogP contribution >= 0.6 is 0 Å². The van der Waals surface area contributed by atoms with Gasteiger partial charge in [0.25, 0.3) is 5.56 Å². The predicted octanol–water partition coefficient (Wildman–Crippen LogP) is 8.09. The van der Waals surface area contributed by atoms with Gasteiger partial charge in [0.05, 0.1) is 30.4 Å². The zero-order valence-corrected chi connectivity index (χ0v) is 33.3. The molecular formula is C37H52N6O5Si2. The van der Waals surface area contributed by atoms with Gasteiger partial charge in [-0.15, -0.1) is 0 Å². The molecule has 0 saturated carbocycles. The van der Waals surface area contributed by atoms with E-state index in [0.29, 0.717) is 30.0 Å². The maximum atomic E-state index is 13.4. The summed E-state index contributed by atoms with van der Waals surface area (Å²) in [5, 5.41) is 6.31. The Hall–Kier alpha value is -3.63. The first-order valence-electron chi connectivity index (χ1n) is 17.5. The quantitative estimate of drug-likeness (QED) is 0.131. The van der Waals surface area contributed by atoms with Crippen molar-refractivity contribution in [3.05, 3.63) is 64.2 Å². The van der Waals surface area contributed by atoms with Crippen molar-refractivity contribution in [2.75, 3.05) is 17.2 Å². The van der Waals surface area contributed by atoms with E-state index in [1.807, 2.05) is 28.8 Å². The van der Waals surface area contributed by atoms with E-state index < -0.39 is 22.9 Å². The Bertz CT molecular complexity index is 1990. The van der Waals surface area contributed by atoms with Crippen LogP contribution in [0.1, 0.15) is 72.2 Å². The zero-order chi connectivity index (χ0) is 36.4. The van der Waals surface area contributed by atoms with Crippen LogP contribution in [0.5, 0.6) is 0 Å². The predicted molar refractivity (Wildman–Crippen MR) is 204 cm³/mol. The van der Waals surface area contributed by atoms with Crippen molar-refractivity contribution in [3.8, 4) is 11.1 Å². The Labute approximate surface area is 296 Å². The lowest BCUT2D eigenvalue weighted by atomic mass is 10.0. The first kappa shape index (κ1) is 36.2. The Balaban J connectivity index is 1.33. The van der Waals surface area contributed by atoms with Gasteiger partial charge >= 0.3 is 0 Å². The molecule has 13 heteroatoms. The van der Waals surface area contributed by atoms with Crippen LogP contribution in [-0.4, -0.2) is 60.9 Å². The Morgan fingerprint density at radius 2 is 1.70 bits per heavy atom. The number of fused-ring (bicyclic) bond motifs is 4. The number of nitrogens with zero attached hydrogens (tertiary/aromatic N) is 3. The van der Waals surface area contributed by atoms with Crippen LogP contribution in [0.4, 0.5) is 17.3 Å². The van der Waals surface area contributed by atoms with Crippen molar-refractivity contribution in [1.29, 1.82) is 0 Å². The fourth-order valence-corrected chi connectivity index (χ4v) is 8.48. The average Bonchev–Trinajstić information content (AvgIpc) is 3.70. The third-order valence-corrected chi connectivity index (χ3v) is 20.1. The van der Waals surface area contributed by atoms with Crippen LogP contribution in [0.25, 0.3) is 22.3 Å². The van der Waals surface area contributed by atoms with Crippen LogP contribution in [0.2, 0.25) is 36.3 Å². The average molecular weight is 717 g/mol. The Morgan fingerprint density at radius 1 is 1.00 bits per heavy atom. The van der Waals surface area contributed by atoms with E-state index in [4.69, 9.17) is 18.6 Å². The molecule has 3 N–H and O–H groups in total. The normalized spacial score (nSPS) is 19.5. The lowest BCUT2D eigenvalue weighted by molar-refractivity contribution is -0.114. The zero-order valence-electron chi connectivity index (χ0n) is 31.3. The molecule has 2 aromatic heterocycles. The van der Waals surface area contributed by atoms with E-state index in [1.165, 1.54) is 12.5 Å². The number of anilines is 3. The first-order valence-corrected chi connectivity index (χ1v) is 23.3. The first-order chi connectivity index (χ1) is 23.2. The minimum Gasteiger partial charge on any atom is -0.414 e. The number of aromatic nitrogens is 4. The second-order valence-electron chi connectivity index (χ2n) is 16.8. The number of aromatic amines is 1. The lowest BCUT2D eigenvalue weighted by Gasteiger charge is -2.40. The number of carbonyl (C=O) groups excluding carboxylic acids is 1. The van der Waals surface area contributed by atoms with Gasteiger partial charge in [0.2, 0.25) is 11.9 Å². The smallest absolute Gasteiger partial charge is 0.280 e. The summed E-state index contributed by atoms with van der Waals surface area (Å²) in [6.07, 6.45) is 2.01. The summed E-state index contributed by atoms with van der Waals surface area (Å²) in [4.78, 5) is 37.8. The van der Waals surface area contributed by atoms with Crippen LogP contribution in [-0.2, 0) is 24.8 Å². The van der Waals surface area contributed by atoms with Gasteiger partial charge in [0.15, 0.2) is 27.8 Å². The number of ether oxygens (including phenoxy) is 1. The summed E-state index contributed by atoms with van der Waals surface area (Å²) in [6.45, 7) is 24.3. The molecule has 4 aromatic rings. The fraction of sp³-hybridized carbons (Fsp3) is 0.514. The molecule has 3 atom stereocenters. The highest BCUT2D eigenvalue weighted by molar-refractivity contribution is 6.74. The third kappa shape index (κ3) is 6.98. The maximum absolute atomic E-state index is 13.4. The van der Waals surface area contributed by atoms with E-state index in [2.05, 4.69) is 100 Å². The van der Waals surface area contributed by atoms with E-state index in [9.17, 15) is 9.59 Å². The van der Waals surface area contributed by atoms with Crippen molar-refractivity contribution in [2.24, 2.45) is 0 Å². The van der Waals surface area contributed by atoms with Crippen LogP contribution in [0.15, 0.2) is 47.5 Å². The molecule has 1 amide bonds. The van der Waals surface area contributed by atoms with Gasteiger partial charge in [-0.3, -0.25) is 19.1 Å². The molecule has 6 rings (SSSR count). The topological polar surface area (TPSA) is 132 Å². The van der Waals surface area contributed by atoms with E-state index >= 15 is 0 Å². The lowest BCUT2D eigenvalue weighted by Crippen LogP contribution is -2.48. The highest BCUT2D eigenvalue weighted by Gasteiger charge is 2.47. The number of benzene rings is 2. The van der Waals surface area contributed by atoms with Gasteiger partial charge in [0.1, 0.15) is 12.3 Å². The van der Waals surface area contributed by atoms with Crippen molar-refractivity contribution >= 4 is 51.0 Å². The molecular weight excluding hydrogens is 665 g/mol. The molecule has 0 bridgehead atoms. The number of amides is 1. The van der Waals surface area contributed by atoms with Crippen LogP contribution < -0.4 is 16.2 Å². The van der Waals surface area contributed by atoms with Crippen molar-refractivity contribution in [1.82, 2.24) is 19.5 Å². The van der Waals surface area contributed by atoms with Crippen LogP contribution in [0.3, 0.4) is 0 Å². The van der Waals surface area contributed by atoms with E-state index in [0.717, 1.165) is 23.1 Å². The number of nitrogens with one attached hydrogen (secondary N) is 3. The highest BCUT2D eigenvalue weighted by atomic mass is 28.4. The van der Waals surface area contributed by atoms with Crippen LogP contribution in [0, 0.1) is 0 Å². The number of rotatable bonds is 9. The van der Waals surface area contributed by atoms with E-state index in [1.54, 1.807) is 6.33 Å². The second kappa shape index (κ2) is 12.9. The minimum atomic E-state index is -2.16. The molecule has 3 heterocycles. The minimum absolute atomic E-state index is 0.0166. The summed E-state index contributed by atoms with van der Waals surface area (Å²) in [6, 6.07) is 12.3. The van der Waals surface area contributed by atoms with Gasteiger partial charge in [-0.2, -0.15) is 4.98 Å². The van der Waals surface area contributed by atoms with Gasteiger partial charge in [-0.25, -0.2) is 4.98 Å². The summed E-state index contributed by atoms with van der Waals surface area (Å²) >= 11 is 0. The molecule has 1 aliphatic heterocycles. The standard InChI is InChI=1S/C37H52N6O5Si2/c1-22(44)39-27-17-24-16-23-14-12-13-15-25(23)26(24)18-28(27)40-35-41-33-32(34(45)42-35)38-21-43(33)31-19-29(48-50(10,11)37(5,6)7)30(47-31)20-46-49(8,9)36(2,3)4/h12-15,17-18,21,29-31H,16,19-20H2,1-11H3,(H,39,44)(H2,40,41,42,45)/t29-,30+,31+/m0/s1. The van der Waals surface area contributed by atoms with Gasteiger partial charge in [-0.05, 0) is 77.1 Å². The summed E-state index contributed by atoms with van der Waals surface area (Å²) < 4.78 is 22.2. The number of imidazole rings is 1. The van der Waals surface area contributed by atoms with Gasteiger partial charge < -0.3 is 24.2 Å². The Kier molecular flexibility index (Phi) is 9.30. The number of H-pyrrole nitrogens is 1. The molecule has 268 valence electrons. The summed E-state index contributed by atoms with van der Waals surface area (Å²) in [5.41, 5.74) is 6.02. The molecule has 50 heavy (non-hydrogen) atoms. The maximum Gasteiger partial charge on any atom is 0.280 e. The molecule has 1 aliphatic carbocycles. The monoisotopic (exact) mass is 716 g/mol. The van der Waals surface area contributed by atoms with Crippen molar-refractivity contribution in [3.63, 3.8) is 0 Å². The molecule has 1 fully saturated rings. The third-order valence-electron chi connectivity index (χ3n) is 11.1.